The summed E-state index contributed by atoms with van der Waals surface area (Å²) < 4.78 is 7.23. The van der Waals surface area contributed by atoms with Crippen LogP contribution in [0, 0.1) is 10.1 Å². The van der Waals surface area contributed by atoms with E-state index < -0.39 is 10.2 Å². The number of imidazole rings is 1. The van der Waals surface area contributed by atoms with Crippen LogP contribution in [0.25, 0.3) is 11.0 Å². The number of nitro benzene ring substituents is 1. The number of methoxy groups -OCH3 is 1. The minimum absolute atomic E-state index is 0.0210. The topological polar surface area (TPSA) is 99.3 Å². The maximum atomic E-state index is 12.5. The first kappa shape index (κ1) is 19.8. The largest absolute Gasteiger partial charge is 0.383 e. The van der Waals surface area contributed by atoms with Gasteiger partial charge in [-0.2, -0.15) is 0 Å². The maximum absolute atomic E-state index is 12.5. The second-order valence-electron chi connectivity index (χ2n) is 6.08. The van der Waals surface area contributed by atoms with Crippen molar-refractivity contribution in [2.24, 2.45) is 0 Å². The Labute approximate surface area is 166 Å². The van der Waals surface area contributed by atoms with Crippen LogP contribution in [0.1, 0.15) is 6.92 Å². The van der Waals surface area contributed by atoms with Gasteiger partial charge >= 0.3 is 0 Å². The molecule has 0 saturated carbocycles. The second kappa shape index (κ2) is 8.85. The summed E-state index contributed by atoms with van der Waals surface area (Å²) in [5, 5.41) is 13.8. The molecule has 1 atom stereocenters. The lowest BCUT2D eigenvalue weighted by Crippen LogP contribution is -2.23. The standard InChI is InChI=1S/C19H20N4O4S/c1-13(18(24)20-14-7-9-15(10-8-14)23(25)26)28-19-21-16-5-3-4-6-17(16)22(19)11-12-27-2/h3-10,13H,11-12H2,1-2H3,(H,20,24). The first-order valence-corrected chi connectivity index (χ1v) is 9.53. The van der Waals surface area contributed by atoms with Crippen molar-refractivity contribution in [2.45, 2.75) is 23.9 Å². The number of ether oxygens (including phenoxy) is 1. The molecule has 0 bridgehead atoms. The monoisotopic (exact) mass is 400 g/mol. The number of hydrogen-bond acceptors (Lipinski definition) is 6. The Morgan fingerprint density at radius 1 is 1.29 bits per heavy atom. The highest BCUT2D eigenvalue weighted by atomic mass is 32.2. The van der Waals surface area contributed by atoms with Gasteiger partial charge in [-0.25, -0.2) is 4.98 Å². The lowest BCUT2D eigenvalue weighted by Gasteiger charge is -2.13. The third kappa shape index (κ3) is 4.49. The Balaban J connectivity index is 1.73. The number of anilines is 1. The van der Waals surface area contributed by atoms with Gasteiger partial charge in [0.2, 0.25) is 5.91 Å². The third-order valence-corrected chi connectivity index (χ3v) is 5.23. The number of nitrogens with one attached hydrogen (secondary N) is 1. The number of carbonyl (C=O) groups excluding carboxylic acids is 1. The van der Waals surface area contributed by atoms with Crippen LogP contribution >= 0.6 is 11.8 Å². The zero-order valence-corrected chi connectivity index (χ0v) is 16.3. The molecule has 1 N–H and O–H groups in total. The van der Waals surface area contributed by atoms with Gasteiger partial charge in [0.1, 0.15) is 0 Å². The Kier molecular flexibility index (Phi) is 6.27. The van der Waals surface area contributed by atoms with Crippen molar-refractivity contribution in [1.82, 2.24) is 9.55 Å². The summed E-state index contributed by atoms with van der Waals surface area (Å²) in [5.41, 5.74) is 2.34. The van der Waals surface area contributed by atoms with E-state index >= 15 is 0 Å². The number of nitro groups is 1. The highest BCUT2D eigenvalue weighted by Gasteiger charge is 2.20. The van der Waals surface area contributed by atoms with E-state index in [1.165, 1.54) is 36.0 Å². The van der Waals surface area contributed by atoms with Gasteiger partial charge in [0.15, 0.2) is 5.16 Å². The van der Waals surface area contributed by atoms with Gasteiger partial charge in [-0.05, 0) is 31.2 Å². The highest BCUT2D eigenvalue weighted by molar-refractivity contribution is 8.00. The molecule has 0 aliphatic heterocycles. The molecule has 1 amide bonds. The first-order valence-electron chi connectivity index (χ1n) is 8.66. The van der Waals surface area contributed by atoms with Crippen molar-refractivity contribution in [3.63, 3.8) is 0 Å². The molecule has 0 radical (unpaired) electrons. The van der Waals surface area contributed by atoms with Gasteiger partial charge < -0.3 is 14.6 Å². The van der Waals surface area contributed by atoms with Crippen molar-refractivity contribution in [1.29, 1.82) is 0 Å². The molecule has 1 heterocycles. The van der Waals surface area contributed by atoms with Gasteiger partial charge in [0, 0.05) is 31.5 Å². The molecule has 0 fully saturated rings. The Morgan fingerprint density at radius 2 is 2.00 bits per heavy atom. The molecule has 3 rings (SSSR count). The average molecular weight is 400 g/mol. The van der Waals surface area contributed by atoms with Crippen molar-refractivity contribution < 1.29 is 14.5 Å². The van der Waals surface area contributed by atoms with Gasteiger partial charge in [0.25, 0.3) is 5.69 Å². The van der Waals surface area contributed by atoms with E-state index in [1.807, 2.05) is 28.8 Å². The van der Waals surface area contributed by atoms with Crippen molar-refractivity contribution >= 4 is 40.1 Å². The van der Waals surface area contributed by atoms with Crippen LogP contribution in [0.2, 0.25) is 0 Å². The predicted octanol–water partition coefficient (Wildman–Crippen LogP) is 3.71. The Morgan fingerprint density at radius 3 is 2.68 bits per heavy atom. The minimum Gasteiger partial charge on any atom is -0.383 e. The molecule has 2 aromatic carbocycles. The molecule has 146 valence electrons. The number of rotatable bonds is 8. The number of amides is 1. The number of benzene rings is 2. The van der Waals surface area contributed by atoms with Crippen LogP contribution in [0.15, 0.2) is 53.7 Å². The molecular formula is C19H20N4O4S. The highest BCUT2D eigenvalue weighted by Crippen LogP contribution is 2.28. The maximum Gasteiger partial charge on any atom is 0.269 e. The number of aromatic nitrogens is 2. The Bertz CT molecular complexity index is 987. The van der Waals surface area contributed by atoms with E-state index in [4.69, 9.17) is 4.74 Å². The SMILES string of the molecule is COCCn1c(SC(C)C(=O)Nc2ccc([N+](=O)[O-])cc2)nc2ccccc21. The molecule has 28 heavy (non-hydrogen) atoms. The molecule has 9 heteroatoms. The van der Waals surface area contributed by atoms with Crippen LogP contribution in [0.5, 0.6) is 0 Å². The molecular weight excluding hydrogens is 380 g/mol. The number of nitrogens with zero attached hydrogens (tertiary/aromatic N) is 3. The van der Waals surface area contributed by atoms with Crippen molar-refractivity contribution in [2.75, 3.05) is 19.0 Å². The molecule has 0 spiro atoms. The van der Waals surface area contributed by atoms with Crippen LogP contribution < -0.4 is 5.32 Å². The lowest BCUT2D eigenvalue weighted by molar-refractivity contribution is -0.384. The second-order valence-corrected chi connectivity index (χ2v) is 7.39. The minimum atomic E-state index is -0.478. The molecule has 1 unspecified atom stereocenters. The van der Waals surface area contributed by atoms with Gasteiger partial charge in [-0.1, -0.05) is 23.9 Å². The first-order chi connectivity index (χ1) is 13.5. The number of fused-ring (bicyclic) bond motifs is 1. The van der Waals surface area contributed by atoms with Crippen molar-refractivity contribution in [3.8, 4) is 0 Å². The van der Waals surface area contributed by atoms with E-state index in [0.29, 0.717) is 18.8 Å². The van der Waals surface area contributed by atoms with Gasteiger partial charge in [-0.15, -0.1) is 0 Å². The molecule has 0 saturated heterocycles. The summed E-state index contributed by atoms with van der Waals surface area (Å²) in [7, 11) is 1.65. The summed E-state index contributed by atoms with van der Waals surface area (Å²) in [6.45, 7) is 2.97. The van der Waals surface area contributed by atoms with Gasteiger partial charge in [0.05, 0.1) is 27.8 Å². The summed E-state index contributed by atoms with van der Waals surface area (Å²) in [4.78, 5) is 27.4. The Hall–Kier alpha value is -2.91. The normalized spacial score (nSPS) is 12.1. The molecule has 0 aliphatic rings. The number of hydrogen-bond donors (Lipinski definition) is 1. The fraction of sp³-hybridized carbons (Fsp3) is 0.263. The van der Waals surface area contributed by atoms with Crippen LogP contribution in [0.4, 0.5) is 11.4 Å². The fourth-order valence-corrected chi connectivity index (χ4v) is 3.61. The van der Waals surface area contributed by atoms with Crippen LogP contribution in [0.3, 0.4) is 0 Å². The summed E-state index contributed by atoms with van der Waals surface area (Å²) >= 11 is 1.36. The number of carbonyl (C=O) groups is 1. The summed E-state index contributed by atoms with van der Waals surface area (Å²) in [5.74, 6) is -0.204. The van der Waals surface area contributed by atoms with Gasteiger partial charge in [-0.3, -0.25) is 14.9 Å². The van der Waals surface area contributed by atoms with E-state index in [9.17, 15) is 14.9 Å². The molecule has 3 aromatic rings. The molecule has 8 nitrogen and oxygen atoms in total. The van der Waals surface area contributed by atoms with E-state index in [0.717, 1.165) is 16.2 Å². The number of non-ortho nitro benzene ring substituents is 1. The zero-order valence-electron chi connectivity index (χ0n) is 15.5. The quantitative estimate of drug-likeness (QED) is 0.352. The van der Waals surface area contributed by atoms with Crippen LogP contribution in [-0.2, 0) is 16.1 Å². The van der Waals surface area contributed by atoms with E-state index in [1.54, 1.807) is 14.0 Å². The number of thioether (sulfide) groups is 1. The number of para-hydroxylation sites is 2. The van der Waals surface area contributed by atoms with E-state index in [-0.39, 0.29) is 11.6 Å². The average Bonchev–Trinajstić information content (AvgIpc) is 3.03. The lowest BCUT2D eigenvalue weighted by atomic mass is 10.3. The summed E-state index contributed by atoms with van der Waals surface area (Å²) in [6.07, 6.45) is 0. The van der Waals surface area contributed by atoms with E-state index in [2.05, 4.69) is 10.3 Å². The van der Waals surface area contributed by atoms with Crippen molar-refractivity contribution in [3.05, 3.63) is 58.6 Å². The molecule has 1 aromatic heterocycles. The molecule has 0 aliphatic carbocycles. The zero-order chi connectivity index (χ0) is 20.1. The predicted molar refractivity (Wildman–Crippen MR) is 109 cm³/mol. The third-order valence-electron chi connectivity index (χ3n) is 4.14. The smallest absolute Gasteiger partial charge is 0.269 e. The van der Waals surface area contributed by atoms with Crippen LogP contribution in [-0.4, -0.2) is 39.3 Å². The summed E-state index contributed by atoms with van der Waals surface area (Å²) in [6, 6.07) is 13.5. The fourth-order valence-electron chi connectivity index (χ4n) is 2.66.